The number of amides is 1. The molecule has 1 amide bonds. The highest BCUT2D eigenvalue weighted by Crippen LogP contribution is 2.38. The molecule has 0 unspecified atom stereocenters. The second-order valence-electron chi connectivity index (χ2n) is 10.1. The number of carbonyl (C=O) groups is 2. The summed E-state index contributed by atoms with van der Waals surface area (Å²) in [4.78, 5) is 24.4. The van der Waals surface area contributed by atoms with E-state index < -0.39 is 12.6 Å². The molecule has 1 aliphatic heterocycles. The van der Waals surface area contributed by atoms with Gasteiger partial charge < -0.3 is 24.9 Å². The van der Waals surface area contributed by atoms with Crippen LogP contribution in [0.25, 0.3) is 0 Å². The first-order chi connectivity index (χ1) is 17.4. The minimum atomic E-state index is -1.32. The molecule has 1 fully saturated rings. The maximum absolute atomic E-state index is 11.5. The lowest BCUT2D eigenvalue weighted by Crippen LogP contribution is -2.36. The SMILES string of the molecule is Cc1ccc(C(c2ccc(C)cc2)C2CCN(CCCCCCNC(=O)COCC(=O)[O-])CC2)cc1. The average molecular weight is 494 g/mol. The summed E-state index contributed by atoms with van der Waals surface area (Å²) in [7, 11) is 0. The van der Waals surface area contributed by atoms with Crippen molar-refractivity contribution in [3.05, 3.63) is 70.8 Å². The van der Waals surface area contributed by atoms with Crippen LogP contribution < -0.4 is 10.4 Å². The second kappa shape index (κ2) is 14.8. The smallest absolute Gasteiger partial charge is 0.246 e. The van der Waals surface area contributed by atoms with Gasteiger partial charge in [0.2, 0.25) is 5.91 Å². The standard InChI is InChI=1S/C30H42N2O4/c1-23-7-11-25(12-8-23)30(26-13-9-24(2)10-14-26)27-15-19-32(20-16-27)18-6-4-3-5-17-31-28(33)21-36-22-29(34)35/h7-14,27,30H,3-6,15-22H2,1-2H3,(H,31,33)(H,34,35)/p-1. The Bertz CT molecular complexity index is 889. The number of aliphatic carboxylic acids is 1. The van der Waals surface area contributed by atoms with E-state index in [0.29, 0.717) is 18.4 Å². The van der Waals surface area contributed by atoms with Crippen LogP contribution in [0, 0.1) is 19.8 Å². The fourth-order valence-corrected chi connectivity index (χ4v) is 5.11. The molecule has 0 bridgehead atoms. The van der Waals surface area contributed by atoms with Crippen LogP contribution in [0.5, 0.6) is 0 Å². The number of hydrogen-bond acceptors (Lipinski definition) is 5. The molecule has 0 radical (unpaired) electrons. The topological polar surface area (TPSA) is 81.7 Å². The van der Waals surface area contributed by atoms with Crippen molar-refractivity contribution < 1.29 is 19.4 Å². The lowest BCUT2D eigenvalue weighted by molar-refractivity contribution is -0.309. The largest absolute Gasteiger partial charge is 0.548 e. The normalized spacial score (nSPS) is 14.8. The van der Waals surface area contributed by atoms with E-state index in [2.05, 4.69) is 72.6 Å². The van der Waals surface area contributed by atoms with Crippen LogP contribution in [0.2, 0.25) is 0 Å². The molecular formula is C30H41N2O4-. The minimum absolute atomic E-state index is 0.237. The molecule has 0 aliphatic carbocycles. The van der Waals surface area contributed by atoms with E-state index in [1.54, 1.807) is 0 Å². The van der Waals surface area contributed by atoms with Gasteiger partial charge in [-0.15, -0.1) is 0 Å². The van der Waals surface area contributed by atoms with Gasteiger partial charge in [-0.2, -0.15) is 0 Å². The molecule has 1 heterocycles. The van der Waals surface area contributed by atoms with Gasteiger partial charge in [-0.05, 0) is 76.2 Å². The fourth-order valence-electron chi connectivity index (χ4n) is 5.11. The maximum Gasteiger partial charge on any atom is 0.246 e. The summed E-state index contributed by atoms with van der Waals surface area (Å²) in [6.07, 6.45) is 6.75. The molecule has 0 aromatic heterocycles. The second-order valence-corrected chi connectivity index (χ2v) is 10.1. The van der Waals surface area contributed by atoms with Crippen LogP contribution in [0.15, 0.2) is 48.5 Å². The lowest BCUT2D eigenvalue weighted by atomic mass is 9.76. The first-order valence-electron chi connectivity index (χ1n) is 13.3. The molecule has 3 rings (SSSR count). The highest BCUT2D eigenvalue weighted by Gasteiger charge is 2.28. The zero-order chi connectivity index (χ0) is 25.8. The quantitative estimate of drug-likeness (QED) is 0.407. The number of unbranched alkanes of at least 4 members (excludes halogenated alkanes) is 3. The Morgan fingerprint density at radius 2 is 1.44 bits per heavy atom. The van der Waals surface area contributed by atoms with Gasteiger partial charge in [-0.3, -0.25) is 4.79 Å². The van der Waals surface area contributed by atoms with E-state index >= 15 is 0 Å². The Hall–Kier alpha value is -2.70. The van der Waals surface area contributed by atoms with E-state index in [1.165, 1.54) is 41.5 Å². The number of benzene rings is 2. The van der Waals surface area contributed by atoms with Gasteiger partial charge >= 0.3 is 0 Å². The minimum Gasteiger partial charge on any atom is -0.548 e. The summed E-state index contributed by atoms with van der Waals surface area (Å²) in [5.74, 6) is -0.487. The predicted molar refractivity (Wildman–Crippen MR) is 141 cm³/mol. The Morgan fingerprint density at radius 1 is 0.889 bits per heavy atom. The summed E-state index contributed by atoms with van der Waals surface area (Å²) in [6.45, 7) is 7.55. The van der Waals surface area contributed by atoms with Gasteiger partial charge in [0.15, 0.2) is 0 Å². The highest BCUT2D eigenvalue weighted by atomic mass is 16.5. The third-order valence-electron chi connectivity index (χ3n) is 7.15. The Balaban J connectivity index is 1.36. The fraction of sp³-hybridized carbons (Fsp3) is 0.533. The number of aryl methyl sites for hydroxylation is 2. The number of ether oxygens (including phenoxy) is 1. The predicted octanol–water partition coefficient (Wildman–Crippen LogP) is 3.59. The molecule has 0 atom stereocenters. The molecule has 2 aromatic rings. The number of carbonyl (C=O) groups excluding carboxylic acids is 2. The third-order valence-corrected chi connectivity index (χ3v) is 7.15. The van der Waals surface area contributed by atoms with Gasteiger partial charge in [-0.25, -0.2) is 0 Å². The number of likely N-dealkylation sites (tertiary alicyclic amines) is 1. The molecule has 1 aliphatic rings. The van der Waals surface area contributed by atoms with Gasteiger partial charge in [0.25, 0.3) is 0 Å². The number of piperidine rings is 1. The number of hydrogen-bond donors (Lipinski definition) is 1. The van der Waals surface area contributed by atoms with Gasteiger partial charge in [0.1, 0.15) is 6.61 Å². The molecule has 6 heteroatoms. The highest BCUT2D eigenvalue weighted by molar-refractivity contribution is 5.77. The van der Waals surface area contributed by atoms with Crippen molar-refractivity contribution in [1.29, 1.82) is 0 Å². The van der Waals surface area contributed by atoms with Crippen molar-refractivity contribution >= 4 is 11.9 Å². The Kier molecular flexibility index (Phi) is 11.4. The van der Waals surface area contributed by atoms with Gasteiger partial charge in [-0.1, -0.05) is 72.5 Å². The van der Waals surface area contributed by atoms with Crippen molar-refractivity contribution in [2.75, 3.05) is 39.4 Å². The Morgan fingerprint density at radius 3 is 2.00 bits per heavy atom. The summed E-state index contributed by atoms with van der Waals surface area (Å²) < 4.78 is 4.72. The zero-order valence-electron chi connectivity index (χ0n) is 21.8. The van der Waals surface area contributed by atoms with E-state index in [0.717, 1.165) is 38.9 Å². The van der Waals surface area contributed by atoms with Crippen LogP contribution in [0.4, 0.5) is 0 Å². The molecule has 196 valence electrons. The Labute approximate surface area is 216 Å². The lowest BCUT2D eigenvalue weighted by Gasteiger charge is -2.37. The van der Waals surface area contributed by atoms with Crippen molar-refractivity contribution in [3.8, 4) is 0 Å². The molecular weight excluding hydrogens is 452 g/mol. The molecule has 36 heavy (non-hydrogen) atoms. The first kappa shape index (κ1) is 27.9. The van der Waals surface area contributed by atoms with Crippen molar-refractivity contribution in [1.82, 2.24) is 10.2 Å². The average Bonchev–Trinajstić information content (AvgIpc) is 2.86. The van der Waals surface area contributed by atoms with E-state index in [4.69, 9.17) is 4.74 Å². The van der Waals surface area contributed by atoms with Crippen molar-refractivity contribution in [2.24, 2.45) is 5.92 Å². The van der Waals surface area contributed by atoms with Crippen LogP contribution >= 0.6 is 0 Å². The molecule has 1 saturated heterocycles. The van der Waals surface area contributed by atoms with Gasteiger partial charge in [0, 0.05) is 12.5 Å². The number of carboxylic acids is 1. The van der Waals surface area contributed by atoms with Crippen molar-refractivity contribution in [2.45, 2.75) is 58.3 Å². The van der Waals surface area contributed by atoms with Gasteiger partial charge in [0.05, 0.1) is 12.6 Å². The monoisotopic (exact) mass is 493 g/mol. The summed E-state index contributed by atoms with van der Waals surface area (Å²) in [6, 6.07) is 18.2. The van der Waals surface area contributed by atoms with E-state index in [1.807, 2.05) is 0 Å². The maximum atomic E-state index is 11.5. The molecule has 1 N–H and O–H groups in total. The van der Waals surface area contributed by atoms with Crippen LogP contribution in [-0.2, 0) is 14.3 Å². The van der Waals surface area contributed by atoms with E-state index in [9.17, 15) is 14.7 Å². The van der Waals surface area contributed by atoms with Crippen LogP contribution in [0.3, 0.4) is 0 Å². The number of rotatable bonds is 14. The number of nitrogens with zero attached hydrogens (tertiary/aromatic N) is 1. The summed E-state index contributed by atoms with van der Waals surface area (Å²) in [5.41, 5.74) is 5.48. The summed E-state index contributed by atoms with van der Waals surface area (Å²) in [5, 5.41) is 13.0. The van der Waals surface area contributed by atoms with E-state index in [-0.39, 0.29) is 12.5 Å². The number of nitrogens with one attached hydrogen (secondary N) is 1. The first-order valence-corrected chi connectivity index (χ1v) is 13.3. The molecule has 0 saturated carbocycles. The number of carboxylic acid groups (broad SMARTS) is 1. The molecule has 0 spiro atoms. The van der Waals surface area contributed by atoms with Crippen LogP contribution in [0.1, 0.15) is 66.7 Å². The van der Waals surface area contributed by atoms with Crippen molar-refractivity contribution in [3.63, 3.8) is 0 Å². The molecule has 6 nitrogen and oxygen atoms in total. The summed E-state index contributed by atoms with van der Waals surface area (Å²) >= 11 is 0. The molecule has 2 aromatic carbocycles. The van der Waals surface area contributed by atoms with Crippen LogP contribution in [-0.4, -0.2) is 56.2 Å². The zero-order valence-corrected chi connectivity index (χ0v) is 21.8. The third kappa shape index (κ3) is 9.40.